The van der Waals surface area contributed by atoms with Gasteiger partial charge in [-0.2, -0.15) is 0 Å². The zero-order chi connectivity index (χ0) is 8.27. The third-order valence-electron chi connectivity index (χ3n) is 2.23. The molecule has 0 aromatic rings. The molecule has 1 aliphatic rings. The van der Waals surface area contributed by atoms with Gasteiger partial charge in [-0.25, -0.2) is 0 Å². The Morgan fingerprint density at radius 1 is 1.73 bits per heavy atom. The van der Waals surface area contributed by atoms with Crippen molar-refractivity contribution < 1.29 is 4.79 Å². The number of carbonyl (C=O) groups is 1. The summed E-state index contributed by atoms with van der Waals surface area (Å²) in [5.74, 6) is 0.272. The van der Waals surface area contributed by atoms with Crippen LogP contribution in [-0.4, -0.2) is 29.9 Å². The van der Waals surface area contributed by atoms with Gasteiger partial charge in [0.15, 0.2) is 0 Å². The van der Waals surface area contributed by atoms with E-state index in [0.29, 0.717) is 19.0 Å². The molecule has 1 atom stereocenters. The Bertz CT molecular complexity index is 147. The Hall–Kier alpha value is -0.570. The molecule has 1 heterocycles. The third kappa shape index (κ3) is 1.93. The monoisotopic (exact) mass is 156 g/mol. The van der Waals surface area contributed by atoms with Gasteiger partial charge >= 0.3 is 0 Å². The van der Waals surface area contributed by atoms with Crippen LogP contribution in [-0.2, 0) is 4.79 Å². The van der Waals surface area contributed by atoms with E-state index in [1.807, 2.05) is 4.90 Å². The van der Waals surface area contributed by atoms with Crippen LogP contribution in [0.4, 0.5) is 0 Å². The highest BCUT2D eigenvalue weighted by Crippen LogP contribution is 2.17. The van der Waals surface area contributed by atoms with E-state index in [1.165, 1.54) is 0 Å². The van der Waals surface area contributed by atoms with E-state index in [4.69, 9.17) is 5.73 Å². The highest BCUT2D eigenvalue weighted by molar-refractivity contribution is 5.77. The Morgan fingerprint density at radius 2 is 2.45 bits per heavy atom. The Kier molecular flexibility index (Phi) is 2.88. The maximum atomic E-state index is 11.3. The lowest BCUT2D eigenvalue weighted by atomic mass is 10.0. The van der Waals surface area contributed by atoms with Crippen molar-refractivity contribution in [3.63, 3.8) is 0 Å². The molecule has 1 aliphatic heterocycles. The minimum Gasteiger partial charge on any atom is -0.340 e. The summed E-state index contributed by atoms with van der Waals surface area (Å²) in [5, 5.41) is 0. The van der Waals surface area contributed by atoms with Crippen molar-refractivity contribution in [1.29, 1.82) is 0 Å². The average molecular weight is 156 g/mol. The molecule has 0 spiro atoms. The zero-order valence-corrected chi connectivity index (χ0v) is 7.05. The lowest BCUT2D eigenvalue weighted by molar-refractivity contribution is -0.138. The molecule has 64 valence electrons. The summed E-state index contributed by atoms with van der Waals surface area (Å²) in [6, 6.07) is 0.472. The summed E-state index contributed by atoms with van der Waals surface area (Å²) in [6.45, 7) is 3.66. The summed E-state index contributed by atoms with van der Waals surface area (Å²) < 4.78 is 0. The van der Waals surface area contributed by atoms with E-state index in [2.05, 4.69) is 6.92 Å². The predicted octanol–water partition coefficient (Wildman–Crippen LogP) is 0.346. The predicted molar refractivity (Wildman–Crippen MR) is 44.1 cm³/mol. The van der Waals surface area contributed by atoms with Gasteiger partial charge in [-0.15, -0.1) is 0 Å². The van der Waals surface area contributed by atoms with E-state index in [1.54, 1.807) is 0 Å². The third-order valence-corrected chi connectivity index (χ3v) is 2.23. The van der Waals surface area contributed by atoms with Gasteiger partial charge in [0.25, 0.3) is 0 Å². The van der Waals surface area contributed by atoms with Gasteiger partial charge in [-0.05, 0) is 26.3 Å². The summed E-state index contributed by atoms with van der Waals surface area (Å²) in [5.41, 5.74) is 5.30. The van der Waals surface area contributed by atoms with Crippen LogP contribution in [0, 0.1) is 0 Å². The number of nitrogens with two attached hydrogens (primary N) is 1. The van der Waals surface area contributed by atoms with Crippen molar-refractivity contribution in [1.82, 2.24) is 4.90 Å². The van der Waals surface area contributed by atoms with Crippen LogP contribution in [0.25, 0.3) is 0 Å². The van der Waals surface area contributed by atoms with Crippen LogP contribution in [0.15, 0.2) is 0 Å². The van der Waals surface area contributed by atoms with Gasteiger partial charge in [0.1, 0.15) is 0 Å². The van der Waals surface area contributed by atoms with E-state index >= 15 is 0 Å². The SMILES string of the molecule is CC1CCN1C(=O)CCCN. The topological polar surface area (TPSA) is 46.3 Å². The van der Waals surface area contributed by atoms with Crippen LogP contribution >= 0.6 is 0 Å². The minimum absolute atomic E-state index is 0.272. The van der Waals surface area contributed by atoms with Crippen molar-refractivity contribution >= 4 is 5.91 Å². The van der Waals surface area contributed by atoms with E-state index in [0.717, 1.165) is 19.4 Å². The quantitative estimate of drug-likeness (QED) is 0.640. The maximum Gasteiger partial charge on any atom is 0.222 e. The molecule has 11 heavy (non-hydrogen) atoms. The lowest BCUT2D eigenvalue weighted by Crippen LogP contribution is -2.49. The van der Waals surface area contributed by atoms with Gasteiger partial charge in [-0.3, -0.25) is 4.79 Å². The molecule has 1 amide bonds. The smallest absolute Gasteiger partial charge is 0.222 e. The molecule has 0 bridgehead atoms. The van der Waals surface area contributed by atoms with Gasteiger partial charge in [0.05, 0.1) is 0 Å². The molecule has 3 heteroatoms. The number of likely N-dealkylation sites (tertiary alicyclic amines) is 1. The number of rotatable bonds is 3. The molecule has 1 saturated heterocycles. The molecule has 1 fully saturated rings. The Labute approximate surface area is 67.5 Å². The van der Waals surface area contributed by atoms with Crippen molar-refractivity contribution in [2.75, 3.05) is 13.1 Å². The molecular weight excluding hydrogens is 140 g/mol. The second-order valence-corrected chi connectivity index (χ2v) is 3.12. The fourth-order valence-electron chi connectivity index (χ4n) is 1.28. The first-order chi connectivity index (χ1) is 5.25. The van der Waals surface area contributed by atoms with E-state index in [-0.39, 0.29) is 5.91 Å². The van der Waals surface area contributed by atoms with Crippen LogP contribution < -0.4 is 5.73 Å². The van der Waals surface area contributed by atoms with Gasteiger partial charge in [0, 0.05) is 19.0 Å². The first kappa shape index (κ1) is 8.53. The largest absolute Gasteiger partial charge is 0.340 e. The standard InChI is InChI=1S/C8H16N2O/c1-7-4-6-10(7)8(11)3-2-5-9/h7H,2-6,9H2,1H3. The van der Waals surface area contributed by atoms with Gasteiger partial charge < -0.3 is 10.6 Å². The van der Waals surface area contributed by atoms with Gasteiger partial charge in [-0.1, -0.05) is 0 Å². The molecule has 1 unspecified atom stereocenters. The fourth-order valence-corrected chi connectivity index (χ4v) is 1.28. The van der Waals surface area contributed by atoms with Crippen LogP contribution in [0.3, 0.4) is 0 Å². The first-order valence-corrected chi connectivity index (χ1v) is 4.25. The van der Waals surface area contributed by atoms with Crippen LogP contribution in [0.5, 0.6) is 0 Å². The molecule has 2 N–H and O–H groups in total. The summed E-state index contributed by atoms with van der Waals surface area (Å²) in [7, 11) is 0. The summed E-state index contributed by atoms with van der Waals surface area (Å²) in [4.78, 5) is 13.2. The number of nitrogens with zero attached hydrogens (tertiary/aromatic N) is 1. The average Bonchev–Trinajstić information content (AvgIpc) is 1.98. The zero-order valence-electron chi connectivity index (χ0n) is 7.05. The molecular formula is C8H16N2O. The van der Waals surface area contributed by atoms with Crippen LogP contribution in [0.1, 0.15) is 26.2 Å². The first-order valence-electron chi connectivity index (χ1n) is 4.25. The van der Waals surface area contributed by atoms with Crippen LogP contribution in [0.2, 0.25) is 0 Å². The van der Waals surface area contributed by atoms with Crippen molar-refractivity contribution in [3.05, 3.63) is 0 Å². The second-order valence-electron chi connectivity index (χ2n) is 3.12. The minimum atomic E-state index is 0.272. The second kappa shape index (κ2) is 3.72. The molecule has 1 rings (SSSR count). The molecule has 0 radical (unpaired) electrons. The van der Waals surface area contributed by atoms with Crippen molar-refractivity contribution in [2.24, 2.45) is 5.73 Å². The van der Waals surface area contributed by atoms with E-state index in [9.17, 15) is 4.79 Å². The Balaban J connectivity index is 2.19. The lowest BCUT2D eigenvalue weighted by Gasteiger charge is -2.38. The number of carbonyl (C=O) groups excluding carboxylic acids is 1. The summed E-state index contributed by atoms with van der Waals surface area (Å²) >= 11 is 0. The molecule has 0 aromatic carbocycles. The van der Waals surface area contributed by atoms with Crippen molar-refractivity contribution in [3.8, 4) is 0 Å². The normalized spacial score (nSPS) is 23.1. The molecule has 0 saturated carbocycles. The Morgan fingerprint density at radius 3 is 2.82 bits per heavy atom. The molecule has 0 aliphatic carbocycles. The number of hydrogen-bond acceptors (Lipinski definition) is 2. The van der Waals surface area contributed by atoms with Gasteiger partial charge in [0.2, 0.25) is 5.91 Å². The highest BCUT2D eigenvalue weighted by Gasteiger charge is 2.27. The van der Waals surface area contributed by atoms with E-state index < -0.39 is 0 Å². The fraction of sp³-hybridized carbons (Fsp3) is 0.875. The molecule has 3 nitrogen and oxygen atoms in total. The highest BCUT2D eigenvalue weighted by atomic mass is 16.2. The summed E-state index contributed by atoms with van der Waals surface area (Å²) in [6.07, 6.45) is 2.61. The molecule has 0 aromatic heterocycles. The maximum absolute atomic E-state index is 11.3. The number of amides is 1. The number of hydrogen-bond donors (Lipinski definition) is 1. The van der Waals surface area contributed by atoms with Crippen molar-refractivity contribution in [2.45, 2.75) is 32.2 Å².